The minimum Gasteiger partial charge on any atom is -0.366 e. The highest BCUT2D eigenvalue weighted by molar-refractivity contribution is 7.22. The summed E-state index contributed by atoms with van der Waals surface area (Å²) in [5.74, 6) is 1.79. The largest absolute Gasteiger partial charge is 0.366 e. The molecule has 0 atom stereocenters. The number of benzene rings is 7. The molecule has 2 saturated carbocycles. The summed E-state index contributed by atoms with van der Waals surface area (Å²) >= 11 is 0. The molecule has 7 aromatic rings. The molecule has 0 aromatic heterocycles. The Morgan fingerprint density at radius 1 is 0.296 bits per heavy atom. The van der Waals surface area contributed by atoms with E-state index in [0.29, 0.717) is 12.1 Å². The molecule has 0 spiro atoms. The molecule has 0 radical (unpaired) electrons. The molecule has 0 unspecified atom stereocenters. The zero-order valence-corrected chi connectivity index (χ0v) is 32.8. The van der Waals surface area contributed by atoms with Gasteiger partial charge in [0.05, 0.1) is 0 Å². The first-order valence-electron chi connectivity index (χ1n) is 20.0. The lowest BCUT2D eigenvalue weighted by Gasteiger charge is -2.57. The highest BCUT2D eigenvalue weighted by atomic mass is 28.3. The van der Waals surface area contributed by atoms with E-state index >= 15 is 0 Å². The van der Waals surface area contributed by atoms with E-state index in [1.807, 2.05) is 0 Å². The number of anilines is 1. The molecule has 0 N–H and O–H groups in total. The van der Waals surface area contributed by atoms with Crippen LogP contribution in [-0.2, 0) is 0 Å². The third kappa shape index (κ3) is 5.40. The van der Waals surface area contributed by atoms with Crippen LogP contribution >= 0.6 is 0 Å². The quantitative estimate of drug-likeness (QED) is 0.126. The number of nitrogens with zero attached hydrogens (tertiary/aromatic N) is 1. The summed E-state index contributed by atoms with van der Waals surface area (Å²) in [6.07, 6.45) is 6.80. The Kier molecular flexibility index (Phi) is 8.57. The molecule has 3 heteroatoms. The summed E-state index contributed by atoms with van der Waals surface area (Å²) in [5.41, 5.74) is 1.44. The standard InChI is InChI=1S/C51H47NSi2/c1-7-19-44(20-8-1)53(45-21-9-2-10-22-45,46-23-11-3-12-24-46)50-36-43(52-41-32-39-31-40(34-41)35-42(52)33-39)37-51(38-50)54(47-25-13-4-14-26-47,48-27-15-5-16-28-48)49-29-17-6-18-30-49/h1-30,36-42H,31-35H2. The summed E-state index contributed by atoms with van der Waals surface area (Å²) in [6.45, 7) is 0. The molecule has 4 fully saturated rings. The van der Waals surface area contributed by atoms with Gasteiger partial charge in [-0.1, -0.05) is 188 Å². The third-order valence-corrected chi connectivity index (χ3v) is 22.7. The van der Waals surface area contributed by atoms with Crippen molar-refractivity contribution in [2.75, 3.05) is 4.90 Å². The Hall–Kier alpha value is -5.23. The molecule has 0 amide bonds. The minimum absolute atomic E-state index is 0.617. The summed E-state index contributed by atoms with van der Waals surface area (Å²) in [5, 5.41) is 11.5. The maximum absolute atomic E-state index is 2.94. The molecule has 4 aliphatic rings. The van der Waals surface area contributed by atoms with Crippen molar-refractivity contribution in [3.63, 3.8) is 0 Å². The molecule has 11 rings (SSSR count). The van der Waals surface area contributed by atoms with Crippen LogP contribution in [0.1, 0.15) is 32.1 Å². The molecule has 1 nitrogen and oxygen atoms in total. The van der Waals surface area contributed by atoms with Crippen molar-refractivity contribution in [1.82, 2.24) is 0 Å². The lowest BCUT2D eigenvalue weighted by Crippen LogP contribution is -2.78. The van der Waals surface area contributed by atoms with E-state index < -0.39 is 16.1 Å². The van der Waals surface area contributed by atoms with Crippen molar-refractivity contribution in [1.29, 1.82) is 0 Å². The second-order valence-electron chi connectivity index (χ2n) is 16.1. The van der Waals surface area contributed by atoms with Crippen LogP contribution in [0.4, 0.5) is 5.69 Å². The van der Waals surface area contributed by atoms with Crippen LogP contribution in [0.2, 0.25) is 0 Å². The molecular formula is C51H47NSi2. The van der Waals surface area contributed by atoms with Crippen molar-refractivity contribution in [2.24, 2.45) is 11.8 Å². The van der Waals surface area contributed by atoms with Gasteiger partial charge < -0.3 is 4.90 Å². The highest BCUT2D eigenvalue weighted by Gasteiger charge is 2.50. The SMILES string of the molecule is c1ccc([Si](c2ccccc2)(c2ccccc2)c2cc(N3C4CC5CC(C4)CC3C5)cc([Si](c3ccccc3)(c3ccccc3)c3ccccc3)c2)cc1. The Balaban J connectivity index is 1.36. The Morgan fingerprint density at radius 3 is 0.815 bits per heavy atom. The molecular weight excluding hydrogens is 683 g/mol. The third-order valence-electron chi connectivity index (χ3n) is 13.2. The van der Waals surface area contributed by atoms with Crippen molar-refractivity contribution in [2.45, 2.75) is 44.2 Å². The predicted octanol–water partition coefficient (Wildman–Crippen LogP) is 6.21. The van der Waals surface area contributed by atoms with Crippen molar-refractivity contribution < 1.29 is 0 Å². The number of rotatable bonds is 9. The van der Waals surface area contributed by atoms with Crippen LogP contribution in [0.3, 0.4) is 0 Å². The minimum atomic E-state index is -2.85. The van der Waals surface area contributed by atoms with E-state index in [1.165, 1.54) is 79.3 Å². The molecule has 264 valence electrons. The van der Waals surface area contributed by atoms with Crippen LogP contribution in [-0.4, -0.2) is 28.2 Å². The van der Waals surface area contributed by atoms with Crippen molar-refractivity contribution >= 4 is 63.3 Å². The van der Waals surface area contributed by atoms with Gasteiger partial charge in [-0.25, -0.2) is 0 Å². The van der Waals surface area contributed by atoms with Gasteiger partial charge in [0.2, 0.25) is 0 Å². The molecule has 2 heterocycles. The molecule has 2 aliphatic carbocycles. The van der Waals surface area contributed by atoms with E-state index in [0.717, 1.165) is 11.8 Å². The Morgan fingerprint density at radius 2 is 0.556 bits per heavy atom. The number of hydrogen-bond donors (Lipinski definition) is 0. The zero-order valence-electron chi connectivity index (χ0n) is 30.8. The fraction of sp³-hybridized carbons (Fsp3) is 0.176. The number of piperidine rings is 2. The normalized spacial score (nSPS) is 20.6. The van der Waals surface area contributed by atoms with Crippen LogP contribution in [0.25, 0.3) is 0 Å². The van der Waals surface area contributed by atoms with Gasteiger partial charge in [-0.05, 0) is 97.6 Å². The first-order valence-corrected chi connectivity index (χ1v) is 24.0. The van der Waals surface area contributed by atoms with E-state index in [4.69, 9.17) is 0 Å². The lowest BCUT2D eigenvalue weighted by atomic mass is 9.63. The van der Waals surface area contributed by atoms with Gasteiger partial charge in [0.25, 0.3) is 0 Å². The first kappa shape index (κ1) is 33.4. The second-order valence-corrected chi connectivity index (χ2v) is 23.7. The van der Waals surface area contributed by atoms with Crippen LogP contribution in [0.15, 0.2) is 200 Å². The average molecular weight is 730 g/mol. The van der Waals surface area contributed by atoms with Crippen LogP contribution in [0.5, 0.6) is 0 Å². The molecule has 7 aromatic carbocycles. The topological polar surface area (TPSA) is 3.24 Å². The lowest BCUT2D eigenvalue weighted by molar-refractivity contribution is 0.0900. The summed E-state index contributed by atoms with van der Waals surface area (Å²) in [7, 11) is -5.71. The molecule has 54 heavy (non-hydrogen) atoms. The fourth-order valence-electron chi connectivity index (χ4n) is 11.3. The Labute approximate surface area is 323 Å². The second kappa shape index (κ2) is 13.9. The van der Waals surface area contributed by atoms with E-state index in [1.54, 1.807) is 0 Å². The van der Waals surface area contributed by atoms with Crippen molar-refractivity contribution in [3.05, 3.63) is 200 Å². The first-order chi connectivity index (χ1) is 26.7. The van der Waals surface area contributed by atoms with Gasteiger partial charge >= 0.3 is 0 Å². The average Bonchev–Trinajstić information content (AvgIpc) is 3.24. The van der Waals surface area contributed by atoms with Gasteiger partial charge in [-0.15, -0.1) is 0 Å². The summed E-state index contributed by atoms with van der Waals surface area (Å²) in [6, 6.07) is 78.4. The van der Waals surface area contributed by atoms with Gasteiger partial charge in [-0.2, -0.15) is 0 Å². The fourth-order valence-corrected chi connectivity index (χ4v) is 21.0. The number of hydrogen-bond acceptors (Lipinski definition) is 1. The van der Waals surface area contributed by atoms with Gasteiger partial charge in [-0.3, -0.25) is 0 Å². The highest BCUT2D eigenvalue weighted by Crippen LogP contribution is 2.50. The maximum Gasteiger partial charge on any atom is 0.179 e. The van der Waals surface area contributed by atoms with E-state index in [9.17, 15) is 0 Å². The maximum atomic E-state index is 2.94. The molecule has 2 saturated heterocycles. The monoisotopic (exact) mass is 729 g/mol. The van der Waals surface area contributed by atoms with Gasteiger partial charge in [0.1, 0.15) is 0 Å². The van der Waals surface area contributed by atoms with E-state index in [-0.39, 0.29) is 0 Å². The zero-order chi connectivity index (χ0) is 36.0. The van der Waals surface area contributed by atoms with Gasteiger partial charge in [0, 0.05) is 17.8 Å². The predicted molar refractivity (Wildman–Crippen MR) is 234 cm³/mol. The summed E-state index contributed by atoms with van der Waals surface area (Å²) in [4.78, 5) is 2.94. The van der Waals surface area contributed by atoms with Gasteiger partial charge in [0.15, 0.2) is 16.1 Å². The van der Waals surface area contributed by atoms with Crippen molar-refractivity contribution in [3.8, 4) is 0 Å². The van der Waals surface area contributed by atoms with Crippen LogP contribution < -0.4 is 46.4 Å². The summed E-state index contributed by atoms with van der Waals surface area (Å²) < 4.78 is 0. The Bertz CT molecular complexity index is 1960. The molecule has 2 aliphatic heterocycles. The smallest absolute Gasteiger partial charge is 0.179 e. The van der Waals surface area contributed by atoms with Crippen LogP contribution in [0, 0.1) is 11.8 Å². The molecule has 4 bridgehead atoms. The van der Waals surface area contributed by atoms with E-state index in [2.05, 4.69) is 205 Å².